The summed E-state index contributed by atoms with van der Waals surface area (Å²) in [6.07, 6.45) is 7.78. The van der Waals surface area contributed by atoms with Crippen molar-refractivity contribution in [1.29, 1.82) is 0 Å². The van der Waals surface area contributed by atoms with Crippen LogP contribution in [0.15, 0.2) is 48.6 Å². The Morgan fingerprint density at radius 1 is 1.00 bits per heavy atom. The van der Waals surface area contributed by atoms with E-state index in [1.54, 1.807) is 0 Å². The second-order valence-corrected chi connectivity index (χ2v) is 5.52. The number of carbonyl (C=O) groups is 1. The Hall–Kier alpha value is -1.74. The molecule has 0 bridgehead atoms. The maximum absolute atomic E-state index is 12.3. The fraction of sp³-hybridized carbons (Fsp3) is 0.312. The van der Waals surface area contributed by atoms with E-state index >= 15 is 0 Å². The molecule has 0 atom stereocenters. The number of anilines is 1. The third-order valence-electron chi connectivity index (χ3n) is 3.82. The highest BCUT2D eigenvalue weighted by molar-refractivity contribution is 6.30. The summed E-state index contributed by atoms with van der Waals surface area (Å²) in [5.74, 6) is 0.155. The van der Waals surface area contributed by atoms with E-state index < -0.39 is 0 Å². The molecule has 4 heteroatoms. The van der Waals surface area contributed by atoms with Gasteiger partial charge in [-0.15, -0.1) is 0 Å². The molecule has 1 aliphatic heterocycles. The first-order valence-electron chi connectivity index (χ1n) is 6.88. The second kappa shape index (κ2) is 5.71. The lowest BCUT2D eigenvalue weighted by atomic mass is 10.1. The number of nitrogens with zero attached hydrogens (tertiary/aromatic N) is 2. The highest BCUT2D eigenvalue weighted by Gasteiger charge is 2.25. The van der Waals surface area contributed by atoms with Crippen molar-refractivity contribution in [3.63, 3.8) is 0 Å². The van der Waals surface area contributed by atoms with Gasteiger partial charge in [0.1, 0.15) is 0 Å². The largest absolute Gasteiger partial charge is 0.368 e. The van der Waals surface area contributed by atoms with Crippen LogP contribution < -0.4 is 4.90 Å². The van der Waals surface area contributed by atoms with Gasteiger partial charge in [-0.2, -0.15) is 0 Å². The summed E-state index contributed by atoms with van der Waals surface area (Å²) >= 11 is 5.90. The maximum atomic E-state index is 12.3. The zero-order valence-electron chi connectivity index (χ0n) is 11.2. The Morgan fingerprint density at radius 3 is 2.20 bits per heavy atom. The highest BCUT2D eigenvalue weighted by atomic mass is 35.5. The fourth-order valence-electron chi connectivity index (χ4n) is 2.64. The molecule has 0 unspecified atom stereocenters. The molecular formula is C16H17ClN2O. The number of hydrogen-bond donors (Lipinski definition) is 0. The van der Waals surface area contributed by atoms with E-state index in [0.717, 1.165) is 31.2 Å². The summed E-state index contributed by atoms with van der Waals surface area (Å²) < 4.78 is 0. The molecule has 20 heavy (non-hydrogen) atoms. The first kappa shape index (κ1) is 13.3. The molecule has 1 fully saturated rings. The number of benzene rings is 1. The third-order valence-corrected chi connectivity index (χ3v) is 4.07. The van der Waals surface area contributed by atoms with Gasteiger partial charge in [-0.3, -0.25) is 4.79 Å². The molecular weight excluding hydrogens is 272 g/mol. The van der Waals surface area contributed by atoms with Gasteiger partial charge in [0.05, 0.1) is 5.92 Å². The normalized spacial score (nSPS) is 18.9. The van der Waals surface area contributed by atoms with E-state index in [2.05, 4.69) is 4.90 Å². The molecule has 3 nitrogen and oxygen atoms in total. The van der Waals surface area contributed by atoms with Crippen LogP contribution in [0.2, 0.25) is 5.02 Å². The highest BCUT2D eigenvalue weighted by Crippen LogP contribution is 2.20. The van der Waals surface area contributed by atoms with E-state index in [9.17, 15) is 4.79 Å². The van der Waals surface area contributed by atoms with Crippen LogP contribution in [0.1, 0.15) is 0 Å². The van der Waals surface area contributed by atoms with E-state index in [-0.39, 0.29) is 11.8 Å². The predicted octanol–water partition coefficient (Wildman–Crippen LogP) is 2.73. The molecule has 1 aromatic carbocycles. The van der Waals surface area contributed by atoms with Crippen LogP contribution in [-0.2, 0) is 4.79 Å². The molecule has 104 valence electrons. The van der Waals surface area contributed by atoms with Crippen molar-refractivity contribution < 1.29 is 4.79 Å². The van der Waals surface area contributed by atoms with Gasteiger partial charge < -0.3 is 9.80 Å². The average Bonchev–Trinajstić information content (AvgIpc) is 3.02. The molecule has 0 radical (unpaired) electrons. The van der Waals surface area contributed by atoms with Crippen molar-refractivity contribution in [2.45, 2.75) is 0 Å². The Labute approximate surface area is 124 Å². The topological polar surface area (TPSA) is 23.6 Å². The molecule has 2 aliphatic rings. The Balaban J connectivity index is 1.59. The van der Waals surface area contributed by atoms with Crippen molar-refractivity contribution in [3.05, 3.63) is 53.6 Å². The maximum Gasteiger partial charge on any atom is 0.233 e. The molecule has 1 aromatic rings. The minimum atomic E-state index is -0.0583. The molecule has 0 aromatic heterocycles. The van der Waals surface area contributed by atoms with Crippen molar-refractivity contribution in [3.8, 4) is 0 Å². The first-order chi connectivity index (χ1) is 9.74. The van der Waals surface area contributed by atoms with E-state index in [0.29, 0.717) is 0 Å². The van der Waals surface area contributed by atoms with Crippen LogP contribution in [0.25, 0.3) is 0 Å². The third kappa shape index (κ3) is 2.73. The van der Waals surface area contributed by atoms with Gasteiger partial charge in [-0.05, 0) is 24.3 Å². The van der Waals surface area contributed by atoms with Crippen LogP contribution in [-0.4, -0.2) is 37.0 Å². The lowest BCUT2D eigenvalue weighted by Gasteiger charge is -2.36. The van der Waals surface area contributed by atoms with E-state index in [4.69, 9.17) is 11.6 Å². The van der Waals surface area contributed by atoms with Crippen molar-refractivity contribution in [2.75, 3.05) is 31.1 Å². The number of allylic oxidation sites excluding steroid dienone is 2. The number of rotatable bonds is 2. The van der Waals surface area contributed by atoms with E-state index in [1.807, 2.05) is 53.5 Å². The van der Waals surface area contributed by atoms with Gasteiger partial charge in [0.25, 0.3) is 0 Å². The van der Waals surface area contributed by atoms with Gasteiger partial charge in [-0.25, -0.2) is 0 Å². The standard InChI is InChI=1S/C16H17ClN2O/c17-14-5-7-15(8-6-14)18-9-11-19(12-10-18)16(20)13-3-1-2-4-13/h1-8,13H,9-12H2. The first-order valence-corrected chi connectivity index (χ1v) is 7.26. The number of amides is 1. The summed E-state index contributed by atoms with van der Waals surface area (Å²) in [4.78, 5) is 16.5. The average molecular weight is 289 g/mol. The minimum absolute atomic E-state index is 0.0583. The molecule has 0 N–H and O–H groups in total. The molecule has 3 rings (SSSR count). The van der Waals surface area contributed by atoms with Crippen molar-refractivity contribution in [2.24, 2.45) is 5.92 Å². The van der Waals surface area contributed by atoms with Crippen LogP contribution in [0.4, 0.5) is 5.69 Å². The van der Waals surface area contributed by atoms with Gasteiger partial charge >= 0.3 is 0 Å². The van der Waals surface area contributed by atoms with Gasteiger partial charge in [0.2, 0.25) is 5.91 Å². The minimum Gasteiger partial charge on any atom is -0.368 e. The monoisotopic (exact) mass is 288 g/mol. The zero-order chi connectivity index (χ0) is 13.9. The SMILES string of the molecule is O=C(C1C=CC=C1)N1CCN(c2ccc(Cl)cc2)CC1. The number of hydrogen-bond acceptors (Lipinski definition) is 2. The van der Waals surface area contributed by atoms with E-state index in [1.165, 1.54) is 5.69 Å². The van der Waals surface area contributed by atoms with Gasteiger partial charge in [0, 0.05) is 36.9 Å². The smallest absolute Gasteiger partial charge is 0.233 e. The predicted molar refractivity (Wildman–Crippen MR) is 82.0 cm³/mol. The number of carbonyl (C=O) groups excluding carboxylic acids is 1. The van der Waals surface area contributed by atoms with Crippen LogP contribution in [0.3, 0.4) is 0 Å². The van der Waals surface area contributed by atoms with Crippen molar-refractivity contribution >= 4 is 23.2 Å². The van der Waals surface area contributed by atoms with Crippen LogP contribution in [0, 0.1) is 5.92 Å². The summed E-state index contributed by atoms with van der Waals surface area (Å²) in [6, 6.07) is 7.87. The Morgan fingerprint density at radius 2 is 1.60 bits per heavy atom. The molecule has 1 amide bonds. The summed E-state index contributed by atoms with van der Waals surface area (Å²) in [6.45, 7) is 3.29. The lowest BCUT2D eigenvalue weighted by molar-refractivity contribution is -0.132. The Bertz CT molecular complexity index is 530. The molecule has 1 heterocycles. The lowest BCUT2D eigenvalue weighted by Crippen LogP contribution is -2.50. The molecule has 1 saturated heterocycles. The van der Waals surface area contributed by atoms with Gasteiger partial charge in [-0.1, -0.05) is 35.9 Å². The fourth-order valence-corrected chi connectivity index (χ4v) is 2.77. The Kier molecular flexibility index (Phi) is 3.79. The summed E-state index contributed by atoms with van der Waals surface area (Å²) in [5.41, 5.74) is 1.17. The quantitative estimate of drug-likeness (QED) is 0.835. The van der Waals surface area contributed by atoms with Gasteiger partial charge in [0.15, 0.2) is 0 Å². The number of piperazine rings is 1. The molecule has 0 spiro atoms. The van der Waals surface area contributed by atoms with Crippen LogP contribution >= 0.6 is 11.6 Å². The summed E-state index contributed by atoms with van der Waals surface area (Å²) in [7, 11) is 0. The zero-order valence-corrected chi connectivity index (χ0v) is 12.0. The molecule has 1 aliphatic carbocycles. The number of halogens is 1. The van der Waals surface area contributed by atoms with Crippen LogP contribution in [0.5, 0.6) is 0 Å². The summed E-state index contributed by atoms with van der Waals surface area (Å²) in [5, 5.41) is 0.752. The molecule has 0 saturated carbocycles. The van der Waals surface area contributed by atoms with Crippen molar-refractivity contribution in [1.82, 2.24) is 4.90 Å². The second-order valence-electron chi connectivity index (χ2n) is 5.08.